The van der Waals surface area contributed by atoms with E-state index in [1.54, 1.807) is 6.92 Å². The van der Waals surface area contributed by atoms with E-state index in [9.17, 15) is 4.79 Å². The molecule has 2 aromatic rings. The predicted octanol–water partition coefficient (Wildman–Crippen LogP) is 2.45. The van der Waals surface area contributed by atoms with Crippen LogP contribution in [0.4, 0.5) is 5.13 Å². The van der Waals surface area contributed by atoms with Gasteiger partial charge in [0.05, 0.1) is 16.8 Å². The van der Waals surface area contributed by atoms with Crippen molar-refractivity contribution in [2.75, 3.05) is 18.5 Å². The molecule has 0 saturated carbocycles. The molecule has 0 fully saturated rings. The number of aryl methyl sites for hydroxylation is 1. The van der Waals surface area contributed by atoms with Crippen LogP contribution in [-0.4, -0.2) is 29.2 Å². The highest BCUT2D eigenvalue weighted by Gasteiger charge is 2.08. The number of esters is 1. The standard InChI is InChI=1S/C13H15N3O2S2/c1-3-18-10(17)7-14-12(19)16-13-15-11-8(2)5-4-6-9(11)20-13/h4-6H,3,7H2,1-2H3,(H2,14,15,16,19). The molecule has 2 rings (SSSR count). The van der Waals surface area contributed by atoms with Crippen molar-refractivity contribution >= 4 is 50.0 Å². The van der Waals surface area contributed by atoms with E-state index in [0.717, 1.165) is 15.8 Å². The second-order valence-corrected chi connectivity index (χ2v) is 5.49. The number of thiazole rings is 1. The Labute approximate surface area is 126 Å². The van der Waals surface area contributed by atoms with Crippen LogP contribution in [0.15, 0.2) is 18.2 Å². The average Bonchev–Trinajstić information content (AvgIpc) is 2.81. The van der Waals surface area contributed by atoms with Crippen molar-refractivity contribution in [3.8, 4) is 0 Å². The number of hydrogen-bond donors (Lipinski definition) is 2. The number of hydrogen-bond acceptors (Lipinski definition) is 5. The van der Waals surface area contributed by atoms with E-state index in [1.165, 1.54) is 11.3 Å². The van der Waals surface area contributed by atoms with Crippen LogP contribution in [-0.2, 0) is 9.53 Å². The lowest BCUT2D eigenvalue weighted by atomic mass is 10.2. The quantitative estimate of drug-likeness (QED) is 0.668. The van der Waals surface area contributed by atoms with Gasteiger partial charge < -0.3 is 15.4 Å². The smallest absolute Gasteiger partial charge is 0.325 e. The summed E-state index contributed by atoms with van der Waals surface area (Å²) in [6.45, 7) is 4.18. The zero-order chi connectivity index (χ0) is 14.5. The van der Waals surface area contributed by atoms with Gasteiger partial charge in [0, 0.05) is 0 Å². The van der Waals surface area contributed by atoms with Crippen molar-refractivity contribution in [3.05, 3.63) is 23.8 Å². The van der Waals surface area contributed by atoms with E-state index >= 15 is 0 Å². The SMILES string of the molecule is CCOC(=O)CNC(=S)Nc1nc2c(C)cccc2s1. The van der Waals surface area contributed by atoms with Crippen molar-refractivity contribution in [2.45, 2.75) is 13.8 Å². The molecule has 0 atom stereocenters. The molecule has 5 nitrogen and oxygen atoms in total. The third kappa shape index (κ3) is 3.64. The van der Waals surface area contributed by atoms with Gasteiger partial charge in [0.1, 0.15) is 6.54 Å². The number of nitrogens with one attached hydrogen (secondary N) is 2. The maximum Gasteiger partial charge on any atom is 0.325 e. The average molecular weight is 309 g/mol. The van der Waals surface area contributed by atoms with Gasteiger partial charge in [0.25, 0.3) is 0 Å². The van der Waals surface area contributed by atoms with Gasteiger partial charge in [-0.15, -0.1) is 0 Å². The minimum atomic E-state index is -0.336. The molecule has 0 saturated heterocycles. The number of anilines is 1. The molecule has 0 radical (unpaired) electrons. The summed E-state index contributed by atoms with van der Waals surface area (Å²) in [4.78, 5) is 15.7. The molecule has 0 spiro atoms. The minimum Gasteiger partial charge on any atom is -0.465 e. The number of thiocarbonyl (C=S) groups is 1. The van der Waals surface area contributed by atoms with Crippen LogP contribution in [0.3, 0.4) is 0 Å². The zero-order valence-corrected chi connectivity index (χ0v) is 12.9. The van der Waals surface area contributed by atoms with E-state index in [2.05, 4.69) is 15.6 Å². The molecule has 0 aliphatic carbocycles. The molecule has 2 N–H and O–H groups in total. The van der Waals surface area contributed by atoms with Gasteiger partial charge in [-0.2, -0.15) is 0 Å². The Morgan fingerprint density at radius 2 is 2.30 bits per heavy atom. The van der Waals surface area contributed by atoms with E-state index in [0.29, 0.717) is 16.9 Å². The number of aromatic nitrogens is 1. The van der Waals surface area contributed by atoms with E-state index in [4.69, 9.17) is 17.0 Å². The Hall–Kier alpha value is -1.73. The van der Waals surface area contributed by atoms with Crippen LogP contribution in [0, 0.1) is 6.92 Å². The number of rotatable bonds is 4. The molecule has 1 aromatic carbocycles. The van der Waals surface area contributed by atoms with Crippen molar-refractivity contribution in [3.63, 3.8) is 0 Å². The van der Waals surface area contributed by atoms with Crippen molar-refractivity contribution in [2.24, 2.45) is 0 Å². The molecule has 7 heteroatoms. The van der Waals surface area contributed by atoms with Gasteiger partial charge in [-0.25, -0.2) is 4.98 Å². The number of benzene rings is 1. The number of para-hydroxylation sites is 1. The first-order valence-electron chi connectivity index (χ1n) is 6.16. The molecule has 0 amide bonds. The van der Waals surface area contributed by atoms with Gasteiger partial charge in [0.15, 0.2) is 10.2 Å². The van der Waals surface area contributed by atoms with Gasteiger partial charge in [-0.1, -0.05) is 23.5 Å². The first-order chi connectivity index (χ1) is 9.60. The highest BCUT2D eigenvalue weighted by molar-refractivity contribution is 7.80. The Bertz CT molecular complexity index is 640. The summed E-state index contributed by atoms with van der Waals surface area (Å²) in [7, 11) is 0. The van der Waals surface area contributed by atoms with Crippen molar-refractivity contribution < 1.29 is 9.53 Å². The third-order valence-corrected chi connectivity index (χ3v) is 3.72. The molecule has 106 valence electrons. The van der Waals surface area contributed by atoms with Crippen LogP contribution < -0.4 is 10.6 Å². The summed E-state index contributed by atoms with van der Waals surface area (Å²) in [5.41, 5.74) is 2.09. The van der Waals surface area contributed by atoms with Gasteiger partial charge >= 0.3 is 5.97 Å². The summed E-state index contributed by atoms with van der Waals surface area (Å²) in [5, 5.41) is 6.82. The Morgan fingerprint density at radius 3 is 3.00 bits per heavy atom. The molecule has 0 aliphatic heterocycles. The van der Waals surface area contributed by atoms with Crippen LogP contribution in [0.5, 0.6) is 0 Å². The normalized spacial score (nSPS) is 10.3. The molecular weight excluding hydrogens is 294 g/mol. The highest BCUT2D eigenvalue weighted by Crippen LogP contribution is 2.27. The molecule has 0 aliphatic rings. The van der Waals surface area contributed by atoms with Crippen LogP contribution in [0.1, 0.15) is 12.5 Å². The van der Waals surface area contributed by atoms with E-state index in [-0.39, 0.29) is 12.5 Å². The topological polar surface area (TPSA) is 63.2 Å². The largest absolute Gasteiger partial charge is 0.465 e. The van der Waals surface area contributed by atoms with Crippen molar-refractivity contribution in [1.29, 1.82) is 0 Å². The zero-order valence-electron chi connectivity index (χ0n) is 11.2. The Morgan fingerprint density at radius 1 is 1.50 bits per heavy atom. The van der Waals surface area contributed by atoms with Crippen LogP contribution in [0.25, 0.3) is 10.2 Å². The fraction of sp³-hybridized carbons (Fsp3) is 0.308. The van der Waals surface area contributed by atoms with Gasteiger partial charge in [-0.3, -0.25) is 4.79 Å². The maximum atomic E-state index is 11.2. The first kappa shape index (κ1) is 14.7. The van der Waals surface area contributed by atoms with Gasteiger partial charge in [-0.05, 0) is 37.7 Å². The molecule has 1 aromatic heterocycles. The maximum absolute atomic E-state index is 11.2. The summed E-state index contributed by atoms with van der Waals surface area (Å²) >= 11 is 6.63. The van der Waals surface area contributed by atoms with Crippen LogP contribution in [0.2, 0.25) is 0 Å². The van der Waals surface area contributed by atoms with Crippen LogP contribution >= 0.6 is 23.6 Å². The minimum absolute atomic E-state index is 0.0452. The number of fused-ring (bicyclic) bond motifs is 1. The lowest BCUT2D eigenvalue weighted by Crippen LogP contribution is -2.33. The summed E-state index contributed by atoms with van der Waals surface area (Å²) in [6, 6.07) is 6.03. The van der Waals surface area contributed by atoms with Crippen molar-refractivity contribution in [1.82, 2.24) is 10.3 Å². The molecular formula is C13H15N3O2S2. The lowest BCUT2D eigenvalue weighted by molar-refractivity contribution is -0.141. The number of carbonyl (C=O) groups is 1. The third-order valence-electron chi connectivity index (χ3n) is 2.54. The van der Waals surface area contributed by atoms with Gasteiger partial charge in [0.2, 0.25) is 0 Å². The van der Waals surface area contributed by atoms with E-state index in [1.807, 2.05) is 25.1 Å². The second-order valence-electron chi connectivity index (χ2n) is 4.05. The summed E-state index contributed by atoms with van der Waals surface area (Å²) in [6.07, 6.45) is 0. The number of nitrogens with zero attached hydrogens (tertiary/aromatic N) is 1. The molecule has 0 bridgehead atoms. The Kier molecular flexibility index (Phi) is 4.86. The molecule has 20 heavy (non-hydrogen) atoms. The first-order valence-corrected chi connectivity index (χ1v) is 7.39. The summed E-state index contributed by atoms with van der Waals surface area (Å²) in [5.74, 6) is -0.336. The molecule has 0 unspecified atom stereocenters. The fourth-order valence-electron chi connectivity index (χ4n) is 1.65. The van der Waals surface area contributed by atoms with E-state index < -0.39 is 0 Å². The Balaban J connectivity index is 1.96. The lowest BCUT2D eigenvalue weighted by Gasteiger charge is -2.07. The second kappa shape index (κ2) is 6.62. The fourth-order valence-corrected chi connectivity index (χ4v) is 2.83. The highest BCUT2D eigenvalue weighted by atomic mass is 32.1. The monoisotopic (exact) mass is 309 g/mol. The number of ether oxygens (including phenoxy) is 1. The predicted molar refractivity (Wildman–Crippen MR) is 85.2 cm³/mol. The number of carbonyl (C=O) groups excluding carboxylic acids is 1. The summed E-state index contributed by atoms with van der Waals surface area (Å²) < 4.78 is 5.90. The molecule has 1 heterocycles.